The SMILES string of the molecule is O=C(N[C@@H]1CCCC[C@@H]1C(=O)Nc1ccc(-n2ccnc2CN2CCCC2)cc1)c1ccc2nc(Cl)ccc2c1. The molecular formula is C31H33ClN6O2. The van der Waals surface area contributed by atoms with Crippen LogP contribution in [0.5, 0.6) is 0 Å². The highest BCUT2D eigenvalue weighted by Gasteiger charge is 2.32. The summed E-state index contributed by atoms with van der Waals surface area (Å²) in [7, 11) is 0. The summed E-state index contributed by atoms with van der Waals surface area (Å²) in [6.07, 6.45) is 9.77. The van der Waals surface area contributed by atoms with E-state index in [9.17, 15) is 9.59 Å². The van der Waals surface area contributed by atoms with E-state index >= 15 is 0 Å². The summed E-state index contributed by atoms with van der Waals surface area (Å²) in [5.41, 5.74) is 3.04. The van der Waals surface area contributed by atoms with Crippen LogP contribution in [-0.2, 0) is 11.3 Å². The van der Waals surface area contributed by atoms with Crippen LogP contribution >= 0.6 is 11.6 Å². The van der Waals surface area contributed by atoms with Gasteiger partial charge < -0.3 is 15.2 Å². The molecule has 3 heterocycles. The predicted octanol–water partition coefficient (Wildman–Crippen LogP) is 5.60. The molecule has 9 heteroatoms. The van der Waals surface area contributed by atoms with Crippen LogP contribution in [0.3, 0.4) is 0 Å². The number of benzene rings is 2. The van der Waals surface area contributed by atoms with Gasteiger partial charge in [0.1, 0.15) is 11.0 Å². The number of fused-ring (bicyclic) bond motifs is 1. The summed E-state index contributed by atoms with van der Waals surface area (Å²) in [5, 5.41) is 7.48. The third-order valence-corrected chi connectivity index (χ3v) is 8.24. The van der Waals surface area contributed by atoms with Gasteiger partial charge in [-0.1, -0.05) is 24.4 Å². The maximum atomic E-state index is 13.4. The van der Waals surface area contributed by atoms with Crippen LogP contribution in [0, 0.1) is 5.92 Å². The molecule has 2 aromatic carbocycles. The van der Waals surface area contributed by atoms with Crippen molar-refractivity contribution in [1.82, 2.24) is 24.8 Å². The van der Waals surface area contributed by atoms with Crippen molar-refractivity contribution in [3.8, 4) is 5.69 Å². The van der Waals surface area contributed by atoms with E-state index in [4.69, 9.17) is 11.6 Å². The Bertz CT molecular complexity index is 1510. The van der Waals surface area contributed by atoms with E-state index in [1.807, 2.05) is 48.8 Å². The van der Waals surface area contributed by atoms with Crippen molar-refractivity contribution in [1.29, 1.82) is 0 Å². The summed E-state index contributed by atoms with van der Waals surface area (Å²) in [4.78, 5) is 37.8. The maximum Gasteiger partial charge on any atom is 0.251 e. The summed E-state index contributed by atoms with van der Waals surface area (Å²) < 4.78 is 2.11. The van der Waals surface area contributed by atoms with Crippen molar-refractivity contribution in [2.45, 2.75) is 51.1 Å². The zero-order valence-electron chi connectivity index (χ0n) is 22.4. The van der Waals surface area contributed by atoms with E-state index in [0.717, 1.165) is 73.4 Å². The highest BCUT2D eigenvalue weighted by Crippen LogP contribution is 2.27. The van der Waals surface area contributed by atoms with Crippen LogP contribution in [0.1, 0.15) is 54.7 Å². The Hall–Kier alpha value is -3.75. The van der Waals surface area contributed by atoms with Crippen LogP contribution in [0.2, 0.25) is 5.15 Å². The van der Waals surface area contributed by atoms with Gasteiger partial charge in [-0.25, -0.2) is 9.97 Å². The molecule has 2 aliphatic rings. The van der Waals surface area contributed by atoms with Gasteiger partial charge in [-0.2, -0.15) is 0 Å². The Balaban J connectivity index is 1.10. The minimum Gasteiger partial charge on any atom is -0.349 e. The molecule has 1 aliphatic heterocycles. The fraction of sp³-hybridized carbons (Fsp3) is 0.355. The molecule has 2 fully saturated rings. The highest BCUT2D eigenvalue weighted by atomic mass is 35.5. The topological polar surface area (TPSA) is 92.2 Å². The molecule has 206 valence electrons. The quantitative estimate of drug-likeness (QED) is 0.289. The number of imidazole rings is 1. The number of carbonyl (C=O) groups excluding carboxylic acids is 2. The average molecular weight is 557 g/mol. The Morgan fingerprint density at radius 2 is 1.75 bits per heavy atom. The fourth-order valence-corrected chi connectivity index (χ4v) is 6.03. The molecule has 0 unspecified atom stereocenters. The Morgan fingerprint density at radius 3 is 2.58 bits per heavy atom. The van der Waals surface area contributed by atoms with E-state index in [1.165, 1.54) is 12.8 Å². The maximum absolute atomic E-state index is 13.4. The van der Waals surface area contributed by atoms with E-state index in [1.54, 1.807) is 18.2 Å². The normalized spacial score (nSPS) is 19.5. The Labute approximate surface area is 238 Å². The van der Waals surface area contributed by atoms with Gasteiger partial charge in [-0.05, 0) is 93.4 Å². The monoisotopic (exact) mass is 556 g/mol. The van der Waals surface area contributed by atoms with Gasteiger partial charge in [0, 0.05) is 40.8 Å². The molecule has 2 N–H and O–H groups in total. The first-order valence-corrected chi connectivity index (χ1v) is 14.4. The van der Waals surface area contributed by atoms with E-state index in [2.05, 4.69) is 30.1 Å². The number of halogens is 1. The lowest BCUT2D eigenvalue weighted by Gasteiger charge is -2.31. The molecule has 8 nitrogen and oxygen atoms in total. The summed E-state index contributed by atoms with van der Waals surface area (Å²) in [6.45, 7) is 3.08. The lowest BCUT2D eigenvalue weighted by Crippen LogP contribution is -2.46. The largest absolute Gasteiger partial charge is 0.349 e. The number of anilines is 1. The minimum absolute atomic E-state index is 0.0625. The smallest absolute Gasteiger partial charge is 0.251 e. The number of aromatic nitrogens is 3. The van der Waals surface area contributed by atoms with Crippen LogP contribution in [0.25, 0.3) is 16.6 Å². The number of likely N-dealkylation sites (tertiary alicyclic amines) is 1. The van der Waals surface area contributed by atoms with Gasteiger partial charge in [-0.15, -0.1) is 0 Å². The highest BCUT2D eigenvalue weighted by molar-refractivity contribution is 6.29. The van der Waals surface area contributed by atoms with E-state index in [-0.39, 0.29) is 23.8 Å². The van der Waals surface area contributed by atoms with Gasteiger partial charge in [0.25, 0.3) is 5.91 Å². The minimum atomic E-state index is -0.293. The fourth-order valence-electron chi connectivity index (χ4n) is 5.88. The Kier molecular flexibility index (Phi) is 7.80. The second-order valence-electron chi connectivity index (χ2n) is 10.7. The van der Waals surface area contributed by atoms with Crippen molar-refractivity contribution in [3.63, 3.8) is 0 Å². The number of carbonyl (C=O) groups is 2. The number of amides is 2. The summed E-state index contributed by atoms with van der Waals surface area (Å²) >= 11 is 5.99. The summed E-state index contributed by atoms with van der Waals surface area (Å²) in [6, 6.07) is 16.6. The second-order valence-corrected chi connectivity index (χ2v) is 11.1. The van der Waals surface area contributed by atoms with Crippen LogP contribution in [-0.4, -0.2) is 50.4 Å². The number of nitrogens with zero attached hydrogens (tertiary/aromatic N) is 4. The van der Waals surface area contributed by atoms with Gasteiger partial charge in [0.05, 0.1) is 18.0 Å². The number of pyridine rings is 1. The lowest BCUT2D eigenvalue weighted by molar-refractivity contribution is -0.121. The third-order valence-electron chi connectivity index (χ3n) is 8.03. The molecule has 0 radical (unpaired) electrons. The van der Waals surface area contributed by atoms with E-state index < -0.39 is 0 Å². The first-order valence-electron chi connectivity index (χ1n) is 14.1. The Morgan fingerprint density at radius 1 is 0.950 bits per heavy atom. The average Bonchev–Trinajstić information content (AvgIpc) is 3.66. The van der Waals surface area contributed by atoms with E-state index in [0.29, 0.717) is 10.7 Å². The molecule has 1 saturated heterocycles. The second kappa shape index (κ2) is 11.8. The zero-order valence-corrected chi connectivity index (χ0v) is 23.1. The van der Waals surface area contributed by atoms with Crippen LogP contribution in [0.15, 0.2) is 67.0 Å². The van der Waals surface area contributed by atoms with Crippen molar-refractivity contribution < 1.29 is 9.59 Å². The van der Waals surface area contributed by atoms with Crippen molar-refractivity contribution in [3.05, 3.63) is 83.5 Å². The molecule has 40 heavy (non-hydrogen) atoms. The standard InChI is InChI=1S/C31H33ClN6O2/c32-28-14-8-21-19-22(7-13-26(21)35-28)30(39)36-27-6-2-1-5-25(27)31(40)34-23-9-11-24(12-10-23)38-18-15-33-29(38)20-37-16-3-4-17-37/h7-15,18-19,25,27H,1-6,16-17,20H2,(H,34,40)(H,36,39)/t25-,27+/m0/s1. The lowest BCUT2D eigenvalue weighted by atomic mass is 9.83. The number of hydrogen-bond acceptors (Lipinski definition) is 5. The van der Waals surface area contributed by atoms with Gasteiger partial charge in [0.2, 0.25) is 5.91 Å². The molecule has 0 bridgehead atoms. The first-order chi connectivity index (χ1) is 19.5. The number of rotatable bonds is 7. The van der Waals surface area contributed by atoms with Crippen molar-refractivity contribution >= 4 is 40.0 Å². The molecule has 2 amide bonds. The van der Waals surface area contributed by atoms with Crippen molar-refractivity contribution in [2.24, 2.45) is 5.92 Å². The third kappa shape index (κ3) is 5.88. The molecular weight excluding hydrogens is 524 g/mol. The molecule has 4 aromatic rings. The number of hydrogen-bond donors (Lipinski definition) is 2. The van der Waals surface area contributed by atoms with Crippen molar-refractivity contribution in [2.75, 3.05) is 18.4 Å². The molecule has 6 rings (SSSR count). The molecule has 0 spiro atoms. The zero-order chi connectivity index (χ0) is 27.5. The molecule has 2 atom stereocenters. The number of nitrogens with one attached hydrogen (secondary N) is 2. The first kappa shape index (κ1) is 26.5. The van der Waals surface area contributed by atoms with Crippen LogP contribution < -0.4 is 10.6 Å². The van der Waals surface area contributed by atoms with Gasteiger partial charge >= 0.3 is 0 Å². The van der Waals surface area contributed by atoms with Gasteiger partial charge in [-0.3, -0.25) is 14.5 Å². The van der Waals surface area contributed by atoms with Crippen LogP contribution in [0.4, 0.5) is 5.69 Å². The van der Waals surface area contributed by atoms with Gasteiger partial charge in [0.15, 0.2) is 0 Å². The molecule has 1 aliphatic carbocycles. The predicted molar refractivity (Wildman–Crippen MR) is 157 cm³/mol. The molecule has 1 saturated carbocycles. The molecule has 2 aromatic heterocycles. The summed E-state index contributed by atoms with van der Waals surface area (Å²) in [5.74, 6) is 0.480.